The summed E-state index contributed by atoms with van der Waals surface area (Å²) in [4.78, 5) is 0. The molecule has 2 heterocycles. The van der Waals surface area contributed by atoms with Gasteiger partial charge in [0.2, 0.25) is 0 Å². The zero-order valence-electron chi connectivity index (χ0n) is 30.2. The van der Waals surface area contributed by atoms with Crippen molar-refractivity contribution in [3.05, 3.63) is 179 Å². The van der Waals surface area contributed by atoms with Crippen LogP contribution in [0.4, 0.5) is 0 Å². The predicted octanol–water partition coefficient (Wildman–Crippen LogP) is 13.0. The molecule has 0 aliphatic heterocycles. The van der Waals surface area contributed by atoms with Gasteiger partial charge in [0, 0.05) is 39.6 Å². The van der Waals surface area contributed by atoms with E-state index in [0.717, 1.165) is 17.8 Å². The molecule has 0 N–H and O–H groups in total. The maximum Gasteiger partial charge on any atom is 0.134 e. The third-order valence-corrected chi connectivity index (χ3v) is 13.2. The van der Waals surface area contributed by atoms with Crippen LogP contribution in [-0.4, -0.2) is 4.57 Å². The second-order valence-corrected chi connectivity index (χ2v) is 15.9. The summed E-state index contributed by atoms with van der Waals surface area (Å²) in [6.45, 7) is 9.55. The van der Waals surface area contributed by atoms with E-state index < -0.39 is 0 Å². The molecule has 4 aliphatic rings. The third-order valence-electron chi connectivity index (χ3n) is 13.2. The molecule has 0 saturated heterocycles. The van der Waals surface area contributed by atoms with Gasteiger partial charge in [-0.2, -0.15) is 0 Å². The normalized spacial score (nSPS) is 22.3. The van der Waals surface area contributed by atoms with E-state index in [2.05, 4.69) is 172 Å². The molecule has 2 aromatic heterocycles. The lowest BCUT2D eigenvalue weighted by molar-refractivity contribution is 0.295. The quantitative estimate of drug-likeness (QED) is 0.182. The lowest BCUT2D eigenvalue weighted by Gasteiger charge is -2.31. The first-order chi connectivity index (χ1) is 25.5. The summed E-state index contributed by atoms with van der Waals surface area (Å²) >= 11 is 0. The molecule has 4 atom stereocenters. The molecule has 11 rings (SSSR count). The van der Waals surface area contributed by atoms with Gasteiger partial charge in [-0.15, -0.1) is 0 Å². The van der Waals surface area contributed by atoms with Crippen LogP contribution in [0.15, 0.2) is 144 Å². The minimum atomic E-state index is -0.0426. The summed E-state index contributed by atoms with van der Waals surface area (Å²) in [5, 5.41) is 3.94. The molecule has 0 radical (unpaired) electrons. The van der Waals surface area contributed by atoms with E-state index in [9.17, 15) is 0 Å². The van der Waals surface area contributed by atoms with E-state index >= 15 is 0 Å². The molecular formula is C50H41NO. The molecule has 0 bridgehead atoms. The first kappa shape index (κ1) is 30.1. The molecule has 2 nitrogen and oxygen atoms in total. The number of para-hydroxylation sites is 2. The fourth-order valence-electron chi connectivity index (χ4n) is 11.0. The third kappa shape index (κ3) is 3.85. The standard InChI is InChI=1S/C50H41NO/c1-5-41-46(49-29(2)32-13-9-11-20-44(32)52-49)40-27-28-43-47(48(40)50(41,3)4)39-16-8-10-19-42(39)51(43)31-23-21-30(22-24-31)33-25-26-38-35-15-7-6-14-34(35)37-18-12-17-36(33)45(37)38/h6-28,36,41,45-46H,5H2,1-4H3. The monoisotopic (exact) mass is 671 g/mol. The van der Waals surface area contributed by atoms with Gasteiger partial charge < -0.3 is 8.98 Å². The summed E-state index contributed by atoms with van der Waals surface area (Å²) in [6.07, 6.45) is 12.8. The van der Waals surface area contributed by atoms with Crippen LogP contribution >= 0.6 is 0 Å². The highest BCUT2D eigenvalue weighted by Crippen LogP contribution is 2.59. The Hall–Kier alpha value is -5.60. The molecule has 5 aromatic carbocycles. The minimum absolute atomic E-state index is 0.0426. The summed E-state index contributed by atoms with van der Waals surface area (Å²) in [7, 11) is 0. The van der Waals surface area contributed by atoms with Crippen LogP contribution in [0, 0.1) is 24.7 Å². The van der Waals surface area contributed by atoms with Crippen molar-refractivity contribution in [2.75, 3.05) is 0 Å². The molecule has 4 aliphatic carbocycles. The van der Waals surface area contributed by atoms with Crippen molar-refractivity contribution in [2.24, 2.45) is 17.8 Å². The Kier molecular flexibility index (Phi) is 6.19. The Labute approximate surface area is 305 Å². The van der Waals surface area contributed by atoms with Crippen LogP contribution in [0.25, 0.3) is 55.2 Å². The van der Waals surface area contributed by atoms with Crippen LogP contribution < -0.4 is 0 Å². The van der Waals surface area contributed by atoms with Crippen LogP contribution in [-0.2, 0) is 5.41 Å². The number of aryl methyl sites for hydroxylation is 1. The fraction of sp³-hybridized carbons (Fsp3) is 0.200. The summed E-state index contributed by atoms with van der Waals surface area (Å²) in [6, 6.07) is 40.6. The average Bonchev–Trinajstić information content (AvgIpc) is 3.87. The zero-order valence-corrected chi connectivity index (χ0v) is 30.2. The summed E-state index contributed by atoms with van der Waals surface area (Å²) < 4.78 is 9.24. The van der Waals surface area contributed by atoms with E-state index in [0.29, 0.717) is 17.8 Å². The SMILES string of the molecule is CCC1C(c2oc3ccccc3c2C)c2ccc3c(c2C1(C)C)c1ccccc1n3-c1ccc(C2=CC=C3c4ccccc4C4=CC=CC2C43)cc1. The second-order valence-electron chi connectivity index (χ2n) is 15.9. The Bertz CT molecular complexity index is 2770. The highest BCUT2D eigenvalue weighted by Gasteiger charge is 2.49. The van der Waals surface area contributed by atoms with Gasteiger partial charge in [0.1, 0.15) is 11.3 Å². The summed E-state index contributed by atoms with van der Waals surface area (Å²) in [5.74, 6) is 2.50. The van der Waals surface area contributed by atoms with E-state index in [-0.39, 0.29) is 11.3 Å². The van der Waals surface area contributed by atoms with E-state index in [1.165, 1.54) is 83.0 Å². The second kappa shape index (κ2) is 10.7. The first-order valence-corrected chi connectivity index (χ1v) is 19.0. The molecule has 0 saturated carbocycles. The van der Waals surface area contributed by atoms with Crippen LogP contribution in [0.5, 0.6) is 0 Å². The Morgan fingerprint density at radius 2 is 1.37 bits per heavy atom. The van der Waals surface area contributed by atoms with E-state index in [1.54, 1.807) is 0 Å². The first-order valence-electron chi connectivity index (χ1n) is 19.0. The van der Waals surface area contributed by atoms with Gasteiger partial charge in [-0.05, 0) is 98.7 Å². The number of aromatic nitrogens is 1. The van der Waals surface area contributed by atoms with Crippen molar-refractivity contribution in [1.29, 1.82) is 0 Å². The zero-order chi connectivity index (χ0) is 34.9. The highest BCUT2D eigenvalue weighted by atomic mass is 16.3. The lowest BCUT2D eigenvalue weighted by Crippen LogP contribution is -2.26. The molecule has 52 heavy (non-hydrogen) atoms. The number of nitrogens with zero attached hydrogens (tertiary/aromatic N) is 1. The average molecular weight is 672 g/mol. The van der Waals surface area contributed by atoms with Crippen LogP contribution in [0.3, 0.4) is 0 Å². The molecule has 7 aromatic rings. The van der Waals surface area contributed by atoms with Crippen molar-refractivity contribution >= 4 is 49.5 Å². The van der Waals surface area contributed by atoms with Gasteiger partial charge in [0.05, 0.1) is 11.0 Å². The molecule has 0 fully saturated rings. The smallest absolute Gasteiger partial charge is 0.134 e. The van der Waals surface area contributed by atoms with Gasteiger partial charge in [0.25, 0.3) is 0 Å². The Balaban J connectivity index is 1.05. The highest BCUT2D eigenvalue weighted by molar-refractivity contribution is 6.12. The number of rotatable bonds is 4. The number of fused-ring (bicyclic) bond motifs is 9. The maximum absolute atomic E-state index is 6.74. The fourth-order valence-corrected chi connectivity index (χ4v) is 11.0. The number of furan rings is 1. The van der Waals surface area contributed by atoms with E-state index in [1.807, 2.05) is 0 Å². The van der Waals surface area contributed by atoms with Crippen LogP contribution in [0.2, 0.25) is 0 Å². The van der Waals surface area contributed by atoms with Crippen molar-refractivity contribution < 1.29 is 4.42 Å². The van der Waals surface area contributed by atoms with Crippen molar-refractivity contribution in [1.82, 2.24) is 4.57 Å². The molecule has 0 amide bonds. The Morgan fingerprint density at radius 1 is 0.673 bits per heavy atom. The van der Waals surface area contributed by atoms with Crippen molar-refractivity contribution in [3.63, 3.8) is 0 Å². The predicted molar refractivity (Wildman–Crippen MR) is 217 cm³/mol. The topological polar surface area (TPSA) is 18.1 Å². The van der Waals surface area contributed by atoms with Gasteiger partial charge in [-0.25, -0.2) is 0 Å². The van der Waals surface area contributed by atoms with Gasteiger partial charge in [-0.3, -0.25) is 0 Å². The number of allylic oxidation sites excluding steroid dienone is 8. The summed E-state index contributed by atoms with van der Waals surface area (Å²) in [5.41, 5.74) is 17.2. The lowest BCUT2D eigenvalue weighted by atomic mass is 9.72. The largest absolute Gasteiger partial charge is 0.460 e. The molecule has 252 valence electrons. The van der Waals surface area contributed by atoms with E-state index in [4.69, 9.17) is 4.42 Å². The number of benzene rings is 5. The molecule has 4 unspecified atom stereocenters. The molecule has 0 spiro atoms. The number of hydrogen-bond acceptors (Lipinski definition) is 1. The van der Waals surface area contributed by atoms with Gasteiger partial charge in [0.15, 0.2) is 0 Å². The molecule has 2 heteroatoms. The van der Waals surface area contributed by atoms with Gasteiger partial charge >= 0.3 is 0 Å². The minimum Gasteiger partial charge on any atom is -0.460 e. The molecular weight excluding hydrogens is 631 g/mol. The van der Waals surface area contributed by atoms with Crippen molar-refractivity contribution in [3.8, 4) is 5.69 Å². The maximum atomic E-state index is 6.74. The number of hydrogen-bond donors (Lipinski definition) is 0. The van der Waals surface area contributed by atoms with Crippen LogP contribution in [0.1, 0.15) is 72.3 Å². The van der Waals surface area contributed by atoms with Crippen molar-refractivity contribution in [2.45, 2.75) is 45.4 Å². The van der Waals surface area contributed by atoms with Gasteiger partial charge in [-0.1, -0.05) is 136 Å². The Morgan fingerprint density at radius 3 is 2.13 bits per heavy atom.